The van der Waals surface area contributed by atoms with Crippen molar-refractivity contribution in [2.24, 2.45) is 0 Å². The summed E-state index contributed by atoms with van der Waals surface area (Å²) in [6.45, 7) is 2.43. The van der Waals surface area contributed by atoms with Crippen LogP contribution in [0.25, 0.3) is 0 Å². The van der Waals surface area contributed by atoms with Crippen molar-refractivity contribution in [1.29, 1.82) is 0 Å². The van der Waals surface area contributed by atoms with E-state index < -0.39 is 11.6 Å². The summed E-state index contributed by atoms with van der Waals surface area (Å²) in [7, 11) is 0. The Bertz CT molecular complexity index is 511. The second kappa shape index (κ2) is 5.23. The van der Waals surface area contributed by atoms with Crippen LogP contribution in [0.2, 0.25) is 0 Å². The van der Waals surface area contributed by atoms with E-state index in [2.05, 4.69) is 10.3 Å². The number of benzene rings is 1. The molecule has 1 aromatic carbocycles. The number of rotatable bonds is 4. The lowest BCUT2D eigenvalue weighted by Gasteiger charge is -2.05. The Kier molecular flexibility index (Phi) is 3.68. The number of thiazole rings is 1. The standard InChI is InChI=1S/C12H12F2N2S/c1-2-12-16-9(7-17-12)6-15-11-5-8(13)3-4-10(11)14/h3-5,7,15H,2,6H2,1H3. The molecule has 2 rings (SSSR count). The zero-order valence-electron chi connectivity index (χ0n) is 9.34. The summed E-state index contributed by atoms with van der Waals surface area (Å²) in [4.78, 5) is 4.34. The Labute approximate surface area is 102 Å². The average Bonchev–Trinajstić information content (AvgIpc) is 2.78. The molecule has 2 aromatic rings. The molecule has 0 atom stereocenters. The van der Waals surface area contributed by atoms with Gasteiger partial charge in [0.15, 0.2) is 0 Å². The summed E-state index contributed by atoms with van der Waals surface area (Å²) in [5, 5.41) is 5.80. The van der Waals surface area contributed by atoms with Crippen LogP contribution in [0.15, 0.2) is 23.6 Å². The highest BCUT2D eigenvalue weighted by Crippen LogP contribution is 2.17. The minimum atomic E-state index is -0.461. The van der Waals surface area contributed by atoms with Crippen molar-refractivity contribution in [1.82, 2.24) is 4.98 Å². The van der Waals surface area contributed by atoms with E-state index in [1.807, 2.05) is 12.3 Å². The van der Waals surface area contributed by atoms with Crippen LogP contribution < -0.4 is 5.32 Å². The Morgan fingerprint density at radius 1 is 1.35 bits per heavy atom. The van der Waals surface area contributed by atoms with Crippen LogP contribution in [0.1, 0.15) is 17.6 Å². The SMILES string of the molecule is CCc1nc(CNc2cc(F)ccc2F)cs1. The van der Waals surface area contributed by atoms with Crippen LogP contribution in [0.5, 0.6) is 0 Å². The summed E-state index contributed by atoms with van der Waals surface area (Å²) in [6.07, 6.45) is 0.888. The van der Waals surface area contributed by atoms with Crippen molar-refractivity contribution in [3.05, 3.63) is 45.9 Å². The molecule has 17 heavy (non-hydrogen) atoms. The molecule has 0 aliphatic heterocycles. The van der Waals surface area contributed by atoms with E-state index in [1.54, 1.807) is 11.3 Å². The van der Waals surface area contributed by atoms with Gasteiger partial charge in [-0.1, -0.05) is 6.92 Å². The summed E-state index contributed by atoms with van der Waals surface area (Å²) in [5.41, 5.74) is 1.01. The van der Waals surface area contributed by atoms with E-state index in [9.17, 15) is 8.78 Å². The maximum absolute atomic E-state index is 13.3. The zero-order chi connectivity index (χ0) is 12.3. The monoisotopic (exact) mass is 254 g/mol. The second-order valence-electron chi connectivity index (χ2n) is 3.56. The highest BCUT2D eigenvalue weighted by atomic mass is 32.1. The maximum atomic E-state index is 13.3. The quantitative estimate of drug-likeness (QED) is 0.901. The second-order valence-corrected chi connectivity index (χ2v) is 4.51. The third-order valence-electron chi connectivity index (χ3n) is 2.29. The summed E-state index contributed by atoms with van der Waals surface area (Å²) in [5.74, 6) is -0.918. The summed E-state index contributed by atoms with van der Waals surface area (Å²) >= 11 is 1.57. The lowest BCUT2D eigenvalue weighted by molar-refractivity contribution is 0.602. The van der Waals surface area contributed by atoms with E-state index in [1.165, 1.54) is 0 Å². The predicted molar refractivity (Wildman–Crippen MR) is 65.2 cm³/mol. The number of nitrogens with zero attached hydrogens (tertiary/aromatic N) is 1. The van der Waals surface area contributed by atoms with Gasteiger partial charge in [0.25, 0.3) is 0 Å². The van der Waals surface area contributed by atoms with Gasteiger partial charge in [-0.25, -0.2) is 13.8 Å². The third-order valence-corrected chi connectivity index (χ3v) is 3.33. The van der Waals surface area contributed by atoms with Gasteiger partial charge in [-0.05, 0) is 24.6 Å². The molecule has 0 spiro atoms. The molecule has 0 bridgehead atoms. The number of anilines is 1. The Balaban J connectivity index is 2.04. The maximum Gasteiger partial charge on any atom is 0.146 e. The van der Waals surface area contributed by atoms with Crippen LogP contribution in [-0.2, 0) is 13.0 Å². The first kappa shape index (κ1) is 12.0. The fraction of sp³-hybridized carbons (Fsp3) is 0.250. The summed E-state index contributed by atoms with van der Waals surface area (Å²) < 4.78 is 26.2. The van der Waals surface area contributed by atoms with Crippen molar-refractivity contribution in [2.75, 3.05) is 5.32 Å². The number of hydrogen-bond donors (Lipinski definition) is 1. The van der Waals surface area contributed by atoms with Crippen molar-refractivity contribution in [3.63, 3.8) is 0 Å². The molecule has 0 saturated carbocycles. The molecule has 0 aliphatic rings. The number of hydrogen-bond acceptors (Lipinski definition) is 3. The van der Waals surface area contributed by atoms with Crippen molar-refractivity contribution < 1.29 is 8.78 Å². The van der Waals surface area contributed by atoms with Gasteiger partial charge in [-0.3, -0.25) is 0 Å². The van der Waals surface area contributed by atoms with Crippen LogP contribution in [0.3, 0.4) is 0 Å². The molecule has 0 fully saturated rings. The number of aryl methyl sites for hydroxylation is 1. The molecular formula is C12H12F2N2S. The van der Waals surface area contributed by atoms with Gasteiger partial charge in [-0.2, -0.15) is 0 Å². The molecule has 1 N–H and O–H groups in total. The van der Waals surface area contributed by atoms with E-state index in [-0.39, 0.29) is 5.69 Å². The predicted octanol–water partition coefficient (Wildman–Crippen LogP) is 3.60. The molecule has 0 radical (unpaired) electrons. The molecule has 5 heteroatoms. The third kappa shape index (κ3) is 3.00. The van der Waals surface area contributed by atoms with Crippen LogP contribution in [0, 0.1) is 11.6 Å². The molecule has 2 nitrogen and oxygen atoms in total. The molecule has 1 aromatic heterocycles. The number of aromatic nitrogens is 1. The topological polar surface area (TPSA) is 24.9 Å². The lowest BCUT2D eigenvalue weighted by atomic mass is 10.3. The molecule has 0 unspecified atom stereocenters. The van der Waals surface area contributed by atoms with Gasteiger partial charge >= 0.3 is 0 Å². The molecular weight excluding hydrogens is 242 g/mol. The molecule has 0 amide bonds. The van der Waals surface area contributed by atoms with E-state index in [0.717, 1.165) is 35.3 Å². The molecule has 0 aliphatic carbocycles. The number of nitrogens with one attached hydrogen (secondary N) is 1. The zero-order valence-corrected chi connectivity index (χ0v) is 10.2. The normalized spacial score (nSPS) is 10.5. The highest BCUT2D eigenvalue weighted by molar-refractivity contribution is 7.09. The van der Waals surface area contributed by atoms with Crippen molar-refractivity contribution in [2.45, 2.75) is 19.9 Å². The van der Waals surface area contributed by atoms with Crippen LogP contribution in [0.4, 0.5) is 14.5 Å². The van der Waals surface area contributed by atoms with Gasteiger partial charge in [0.05, 0.1) is 22.9 Å². The van der Waals surface area contributed by atoms with Crippen molar-refractivity contribution >= 4 is 17.0 Å². The molecule has 90 valence electrons. The van der Waals surface area contributed by atoms with Crippen molar-refractivity contribution in [3.8, 4) is 0 Å². The van der Waals surface area contributed by atoms with Gasteiger partial charge in [-0.15, -0.1) is 11.3 Å². The van der Waals surface area contributed by atoms with E-state index >= 15 is 0 Å². The fourth-order valence-corrected chi connectivity index (χ4v) is 2.16. The highest BCUT2D eigenvalue weighted by Gasteiger charge is 2.05. The number of halogens is 2. The fourth-order valence-electron chi connectivity index (χ4n) is 1.41. The minimum absolute atomic E-state index is 0.163. The molecule has 0 saturated heterocycles. The van der Waals surface area contributed by atoms with Gasteiger partial charge in [0.2, 0.25) is 0 Å². The first-order valence-electron chi connectivity index (χ1n) is 5.31. The first-order chi connectivity index (χ1) is 8.19. The largest absolute Gasteiger partial charge is 0.377 e. The van der Waals surface area contributed by atoms with Crippen LogP contribution >= 0.6 is 11.3 Å². The Morgan fingerprint density at radius 3 is 2.88 bits per heavy atom. The minimum Gasteiger partial charge on any atom is -0.377 e. The first-order valence-corrected chi connectivity index (χ1v) is 6.19. The lowest BCUT2D eigenvalue weighted by Crippen LogP contribution is -2.02. The van der Waals surface area contributed by atoms with Crippen LogP contribution in [-0.4, -0.2) is 4.98 Å². The summed E-state index contributed by atoms with van der Waals surface area (Å²) in [6, 6.07) is 3.34. The van der Waals surface area contributed by atoms with E-state index in [4.69, 9.17) is 0 Å². The van der Waals surface area contributed by atoms with Gasteiger partial charge < -0.3 is 5.32 Å². The van der Waals surface area contributed by atoms with Gasteiger partial charge in [0.1, 0.15) is 11.6 Å². The average molecular weight is 254 g/mol. The smallest absolute Gasteiger partial charge is 0.146 e. The Morgan fingerprint density at radius 2 is 2.18 bits per heavy atom. The molecule has 1 heterocycles. The van der Waals surface area contributed by atoms with Gasteiger partial charge in [0, 0.05) is 5.38 Å². The Hall–Kier alpha value is -1.49. The van der Waals surface area contributed by atoms with E-state index in [0.29, 0.717) is 6.54 Å².